The van der Waals surface area contributed by atoms with Gasteiger partial charge in [0.1, 0.15) is 0 Å². The number of primary amides is 2. The van der Waals surface area contributed by atoms with Gasteiger partial charge < -0.3 is 11.5 Å². The second-order valence-electron chi connectivity index (χ2n) is 6.80. The van der Waals surface area contributed by atoms with Gasteiger partial charge in [0.15, 0.2) is 0 Å². The Kier molecular flexibility index (Phi) is 27.0. The molecule has 0 saturated carbocycles. The first-order valence-corrected chi connectivity index (χ1v) is 10.0. The number of rotatable bonds is 15. The first-order chi connectivity index (χ1) is 11.5. The summed E-state index contributed by atoms with van der Waals surface area (Å²) in [5.74, 6) is -0.337. The predicted molar refractivity (Wildman–Crippen MR) is 111 cm³/mol. The molecule has 25 heavy (non-hydrogen) atoms. The average molecular weight is 379 g/mol. The van der Waals surface area contributed by atoms with Crippen molar-refractivity contribution in [3.63, 3.8) is 0 Å². The van der Waals surface area contributed by atoms with E-state index in [-0.39, 0.29) is 30.1 Å². The van der Waals surface area contributed by atoms with Crippen molar-refractivity contribution in [3.05, 3.63) is 0 Å². The normalized spacial score (nSPS) is 11.0. The summed E-state index contributed by atoms with van der Waals surface area (Å²) in [6.07, 6.45) is 17.7. The van der Waals surface area contributed by atoms with Crippen molar-refractivity contribution in [2.45, 2.75) is 111 Å². The molecule has 4 N–H and O–H groups in total. The fourth-order valence-electron chi connectivity index (χ4n) is 2.43. The third-order valence-electron chi connectivity index (χ3n) is 4.32. The molecule has 4 nitrogen and oxygen atoms in total. The van der Waals surface area contributed by atoms with Crippen LogP contribution in [0.1, 0.15) is 111 Å². The first kappa shape index (κ1) is 29.0. The van der Waals surface area contributed by atoms with Crippen molar-refractivity contribution < 1.29 is 9.59 Å². The molecular formula is C20H43ClN2O2. The molecule has 0 fully saturated rings. The fraction of sp³-hybridized carbons (Fsp3) is 0.900. The Balaban J connectivity index is -0.000000704. The Morgan fingerprint density at radius 1 is 0.720 bits per heavy atom. The highest BCUT2D eigenvalue weighted by Gasteiger charge is 2.06. The quantitative estimate of drug-likeness (QED) is 0.368. The fourth-order valence-corrected chi connectivity index (χ4v) is 2.43. The second-order valence-corrected chi connectivity index (χ2v) is 6.80. The van der Waals surface area contributed by atoms with Crippen LogP contribution in [-0.4, -0.2) is 11.8 Å². The zero-order valence-electron chi connectivity index (χ0n) is 16.9. The molecule has 0 bridgehead atoms. The van der Waals surface area contributed by atoms with Crippen LogP contribution >= 0.6 is 12.4 Å². The second kappa shape index (κ2) is 23.2. The Bertz CT molecular complexity index is 299. The summed E-state index contributed by atoms with van der Waals surface area (Å²) in [6, 6.07) is 0. The summed E-state index contributed by atoms with van der Waals surface area (Å²) < 4.78 is 0. The summed E-state index contributed by atoms with van der Waals surface area (Å²) in [7, 11) is 0. The van der Waals surface area contributed by atoms with Crippen LogP contribution in [0.4, 0.5) is 0 Å². The van der Waals surface area contributed by atoms with Gasteiger partial charge in [-0.1, -0.05) is 97.8 Å². The van der Waals surface area contributed by atoms with Crippen molar-refractivity contribution in [3.8, 4) is 0 Å². The van der Waals surface area contributed by atoms with Gasteiger partial charge in [0, 0.05) is 12.3 Å². The number of amides is 2. The minimum absolute atomic E-state index is 0. The molecule has 2 amide bonds. The SMILES string of the molecule is CCC(N)=O.CCCCCCCCCCCCCCC(C)C(N)=O.Cl. The molecule has 0 aromatic rings. The molecule has 0 aliphatic carbocycles. The monoisotopic (exact) mass is 378 g/mol. The number of carbonyl (C=O) groups excluding carboxylic acids is 2. The third-order valence-corrected chi connectivity index (χ3v) is 4.32. The largest absolute Gasteiger partial charge is 0.370 e. The van der Waals surface area contributed by atoms with E-state index >= 15 is 0 Å². The minimum atomic E-state index is -0.245. The lowest BCUT2D eigenvalue weighted by atomic mass is 10.0. The standard InChI is InChI=1S/C17H35NO.C3H7NO.ClH/c1-3-4-5-6-7-8-9-10-11-12-13-14-15-16(2)17(18)19;1-2-3(4)5;/h16H,3-15H2,1-2H3,(H2,18,19);2H2,1H3,(H2,4,5);1H. The van der Waals surface area contributed by atoms with E-state index in [1.54, 1.807) is 6.92 Å². The lowest BCUT2D eigenvalue weighted by Gasteiger charge is -2.06. The molecule has 1 atom stereocenters. The molecule has 0 aliphatic heterocycles. The summed E-state index contributed by atoms with van der Waals surface area (Å²) in [5, 5.41) is 0. The van der Waals surface area contributed by atoms with E-state index in [1.165, 1.54) is 70.6 Å². The number of unbranched alkanes of at least 4 members (excludes halogenated alkanes) is 11. The number of halogens is 1. The molecule has 0 saturated heterocycles. The van der Waals surface area contributed by atoms with Crippen LogP contribution in [0, 0.1) is 5.92 Å². The van der Waals surface area contributed by atoms with Crippen molar-refractivity contribution >= 4 is 24.2 Å². The van der Waals surface area contributed by atoms with E-state index in [0.29, 0.717) is 6.42 Å². The molecule has 0 radical (unpaired) electrons. The van der Waals surface area contributed by atoms with Gasteiger partial charge in [-0.25, -0.2) is 0 Å². The molecule has 0 rings (SSSR count). The highest BCUT2D eigenvalue weighted by atomic mass is 35.5. The van der Waals surface area contributed by atoms with Crippen LogP contribution in [-0.2, 0) is 9.59 Å². The summed E-state index contributed by atoms with van der Waals surface area (Å²) >= 11 is 0. The smallest absolute Gasteiger partial charge is 0.220 e. The Morgan fingerprint density at radius 2 is 1.04 bits per heavy atom. The predicted octanol–water partition coefficient (Wildman–Crippen LogP) is 5.50. The van der Waals surface area contributed by atoms with Gasteiger partial charge in [-0.2, -0.15) is 0 Å². The maximum Gasteiger partial charge on any atom is 0.220 e. The molecular weight excluding hydrogens is 336 g/mol. The maximum atomic E-state index is 10.9. The van der Waals surface area contributed by atoms with E-state index in [4.69, 9.17) is 5.73 Å². The number of carbonyl (C=O) groups is 2. The Hall–Kier alpha value is -0.770. The maximum absolute atomic E-state index is 10.9. The van der Waals surface area contributed by atoms with Crippen LogP contribution in [0.25, 0.3) is 0 Å². The zero-order valence-corrected chi connectivity index (χ0v) is 17.7. The van der Waals surface area contributed by atoms with Gasteiger partial charge in [0.2, 0.25) is 11.8 Å². The van der Waals surface area contributed by atoms with E-state index < -0.39 is 0 Å². The van der Waals surface area contributed by atoms with Gasteiger partial charge in [0.25, 0.3) is 0 Å². The number of nitrogens with two attached hydrogens (primary N) is 2. The summed E-state index contributed by atoms with van der Waals surface area (Å²) in [5.41, 5.74) is 9.89. The van der Waals surface area contributed by atoms with Crippen molar-refractivity contribution in [2.75, 3.05) is 0 Å². The van der Waals surface area contributed by atoms with Crippen LogP contribution < -0.4 is 11.5 Å². The van der Waals surface area contributed by atoms with Gasteiger partial charge in [-0.3, -0.25) is 9.59 Å². The van der Waals surface area contributed by atoms with Crippen LogP contribution in [0.2, 0.25) is 0 Å². The van der Waals surface area contributed by atoms with E-state index in [9.17, 15) is 9.59 Å². The summed E-state index contributed by atoms with van der Waals surface area (Å²) in [6.45, 7) is 5.92. The lowest BCUT2D eigenvalue weighted by Crippen LogP contribution is -2.20. The van der Waals surface area contributed by atoms with Gasteiger partial charge >= 0.3 is 0 Å². The van der Waals surface area contributed by atoms with Gasteiger partial charge in [-0.15, -0.1) is 12.4 Å². The Labute approximate surface area is 162 Å². The first-order valence-electron chi connectivity index (χ1n) is 10.0. The number of hydrogen-bond acceptors (Lipinski definition) is 2. The molecule has 1 unspecified atom stereocenters. The van der Waals surface area contributed by atoms with E-state index in [2.05, 4.69) is 12.7 Å². The number of hydrogen-bond donors (Lipinski definition) is 2. The van der Waals surface area contributed by atoms with Crippen LogP contribution in [0.3, 0.4) is 0 Å². The molecule has 0 heterocycles. The van der Waals surface area contributed by atoms with Crippen molar-refractivity contribution in [1.29, 1.82) is 0 Å². The molecule has 152 valence electrons. The zero-order chi connectivity index (χ0) is 18.6. The van der Waals surface area contributed by atoms with Crippen molar-refractivity contribution in [1.82, 2.24) is 0 Å². The molecule has 0 aromatic heterocycles. The molecule has 0 aromatic carbocycles. The van der Waals surface area contributed by atoms with Crippen LogP contribution in [0.15, 0.2) is 0 Å². The van der Waals surface area contributed by atoms with Crippen molar-refractivity contribution in [2.24, 2.45) is 17.4 Å². The summed E-state index contributed by atoms with van der Waals surface area (Å²) in [4.78, 5) is 20.4. The highest BCUT2D eigenvalue weighted by Crippen LogP contribution is 2.14. The van der Waals surface area contributed by atoms with E-state index in [1.807, 2.05) is 6.92 Å². The molecule has 0 aliphatic rings. The Morgan fingerprint density at radius 3 is 1.32 bits per heavy atom. The van der Waals surface area contributed by atoms with Crippen LogP contribution in [0.5, 0.6) is 0 Å². The average Bonchev–Trinajstić information content (AvgIpc) is 2.56. The van der Waals surface area contributed by atoms with Gasteiger partial charge in [0.05, 0.1) is 0 Å². The van der Waals surface area contributed by atoms with Gasteiger partial charge in [-0.05, 0) is 6.42 Å². The third kappa shape index (κ3) is 28.3. The topological polar surface area (TPSA) is 86.2 Å². The highest BCUT2D eigenvalue weighted by molar-refractivity contribution is 5.85. The molecule has 0 spiro atoms. The minimum Gasteiger partial charge on any atom is -0.370 e. The van der Waals surface area contributed by atoms with E-state index in [0.717, 1.165) is 12.8 Å². The molecule has 5 heteroatoms. The lowest BCUT2D eigenvalue weighted by molar-refractivity contribution is -0.121.